The van der Waals surface area contributed by atoms with Crippen LogP contribution in [0.3, 0.4) is 0 Å². The van der Waals surface area contributed by atoms with Gasteiger partial charge in [-0.25, -0.2) is 4.98 Å². The monoisotopic (exact) mass is 350 g/mol. The molecule has 0 spiro atoms. The topological polar surface area (TPSA) is 34.4 Å². The third-order valence-electron chi connectivity index (χ3n) is 3.92. The molecule has 0 aliphatic heterocycles. The molecule has 4 heteroatoms. The summed E-state index contributed by atoms with van der Waals surface area (Å²) in [5.74, 6) is 0. The molecule has 0 atom stereocenters. The highest BCUT2D eigenvalue weighted by Gasteiger charge is 2.14. The van der Waals surface area contributed by atoms with E-state index >= 15 is 0 Å². The van der Waals surface area contributed by atoms with E-state index in [4.69, 9.17) is 0 Å². The first-order valence-electron chi connectivity index (χ1n) is 6.79. The number of aromatic nitrogens is 2. The molecular formula is C18H11BrN2O. The average molecular weight is 351 g/mol. The van der Waals surface area contributed by atoms with E-state index in [-0.39, 0.29) is 5.56 Å². The molecule has 0 fully saturated rings. The number of halogens is 1. The quantitative estimate of drug-likeness (QED) is 0.526. The van der Waals surface area contributed by atoms with E-state index in [0.29, 0.717) is 11.0 Å². The summed E-state index contributed by atoms with van der Waals surface area (Å²) in [4.78, 5) is 17.5. The second kappa shape index (κ2) is 4.52. The molecule has 2 heterocycles. The maximum absolute atomic E-state index is 12.9. The Labute approximate surface area is 134 Å². The van der Waals surface area contributed by atoms with Crippen LogP contribution in [0, 0.1) is 0 Å². The van der Waals surface area contributed by atoms with Crippen molar-refractivity contribution in [1.29, 1.82) is 0 Å². The van der Waals surface area contributed by atoms with E-state index in [1.54, 1.807) is 4.40 Å². The lowest BCUT2D eigenvalue weighted by atomic mass is 10.0. The van der Waals surface area contributed by atoms with Gasteiger partial charge in [-0.05, 0) is 23.8 Å². The fourth-order valence-electron chi connectivity index (χ4n) is 2.95. The summed E-state index contributed by atoms with van der Waals surface area (Å²) < 4.78 is 2.36. The molecule has 0 N–H and O–H groups in total. The molecule has 4 aromatic rings. The highest BCUT2D eigenvalue weighted by molar-refractivity contribution is 9.15. The van der Waals surface area contributed by atoms with Gasteiger partial charge in [-0.3, -0.25) is 9.20 Å². The number of rotatable bonds is 1. The molecule has 2 aromatic carbocycles. The zero-order valence-electron chi connectivity index (χ0n) is 11.6. The van der Waals surface area contributed by atoms with E-state index in [2.05, 4.69) is 34.1 Å². The largest absolute Gasteiger partial charge is 0.268 e. The smallest absolute Gasteiger partial charge is 0.264 e. The molecule has 0 aliphatic carbocycles. The van der Waals surface area contributed by atoms with Crippen LogP contribution in [0.5, 0.6) is 0 Å². The molecule has 2 aromatic heterocycles. The van der Waals surface area contributed by atoms with Crippen molar-refractivity contribution in [2.24, 2.45) is 0 Å². The van der Waals surface area contributed by atoms with Crippen LogP contribution in [0.25, 0.3) is 38.5 Å². The second-order valence-electron chi connectivity index (χ2n) is 5.18. The summed E-state index contributed by atoms with van der Waals surface area (Å²) in [6.07, 6.45) is 0. The predicted octanol–water partition coefficient (Wildman–Crippen LogP) is 3.50. The molecule has 22 heavy (non-hydrogen) atoms. The van der Waals surface area contributed by atoms with Crippen LogP contribution in [-0.4, -0.2) is 9.38 Å². The minimum absolute atomic E-state index is 0.0818. The summed E-state index contributed by atoms with van der Waals surface area (Å²) in [5, 5.41) is 2.16. The van der Waals surface area contributed by atoms with Crippen LogP contribution >= 0.6 is 15.9 Å². The zero-order valence-corrected chi connectivity index (χ0v) is 13.2. The Morgan fingerprint density at radius 2 is 1.91 bits per heavy atom. The number of nitrogens with zero attached hydrogens (tertiary/aromatic N) is 2. The van der Waals surface area contributed by atoms with Crippen LogP contribution in [-0.2, 0) is 0 Å². The van der Waals surface area contributed by atoms with E-state index in [9.17, 15) is 4.79 Å². The van der Waals surface area contributed by atoms with Crippen molar-refractivity contribution in [3.8, 4) is 0 Å². The molecular weight excluding hydrogens is 340 g/mol. The minimum Gasteiger partial charge on any atom is -0.268 e. The number of hydrogen-bond donors (Lipinski definition) is 0. The lowest BCUT2D eigenvalue weighted by Gasteiger charge is -2.06. The first-order valence-corrected chi connectivity index (χ1v) is 7.58. The summed E-state index contributed by atoms with van der Waals surface area (Å²) >= 11 is 3.41. The molecule has 106 valence electrons. The van der Waals surface area contributed by atoms with E-state index < -0.39 is 0 Å². The number of para-hydroxylation sites is 2. The highest BCUT2D eigenvalue weighted by Crippen LogP contribution is 2.25. The van der Waals surface area contributed by atoms with Gasteiger partial charge < -0.3 is 0 Å². The predicted molar refractivity (Wildman–Crippen MR) is 95.2 cm³/mol. The van der Waals surface area contributed by atoms with Crippen molar-refractivity contribution in [3.05, 3.63) is 70.2 Å². The van der Waals surface area contributed by atoms with Crippen molar-refractivity contribution in [2.45, 2.75) is 0 Å². The SMILES string of the molecule is C=C(Br)c1cccc2c(=O)n3c(nc4ccccc43)c(=C)c12. The molecule has 0 amide bonds. The van der Waals surface area contributed by atoms with Gasteiger partial charge in [0.25, 0.3) is 5.56 Å². The van der Waals surface area contributed by atoms with Gasteiger partial charge in [0, 0.05) is 20.5 Å². The Bertz CT molecular complexity index is 1190. The Morgan fingerprint density at radius 3 is 2.68 bits per heavy atom. The van der Waals surface area contributed by atoms with Crippen molar-refractivity contribution >= 4 is 54.4 Å². The minimum atomic E-state index is -0.0818. The molecule has 3 nitrogen and oxygen atoms in total. The van der Waals surface area contributed by atoms with E-state index in [1.807, 2.05) is 42.5 Å². The molecule has 0 saturated heterocycles. The number of imidazole rings is 1. The highest BCUT2D eigenvalue weighted by atomic mass is 79.9. The maximum atomic E-state index is 12.9. The van der Waals surface area contributed by atoms with Gasteiger partial charge in [0.15, 0.2) is 0 Å². The molecule has 4 rings (SSSR count). The Kier molecular flexibility index (Phi) is 2.71. The molecule has 0 saturated carbocycles. The van der Waals surface area contributed by atoms with Gasteiger partial charge in [0.05, 0.1) is 11.0 Å². The molecule has 0 radical (unpaired) electrons. The van der Waals surface area contributed by atoms with Gasteiger partial charge in [0.2, 0.25) is 0 Å². The fourth-order valence-corrected chi connectivity index (χ4v) is 3.28. The first-order chi connectivity index (χ1) is 10.6. The Morgan fingerprint density at radius 1 is 1.14 bits per heavy atom. The Hall–Kier alpha value is -2.46. The third-order valence-corrected chi connectivity index (χ3v) is 4.35. The van der Waals surface area contributed by atoms with E-state index in [0.717, 1.165) is 31.7 Å². The summed E-state index contributed by atoms with van der Waals surface area (Å²) in [5.41, 5.74) is 2.98. The number of pyridine rings is 1. The lowest BCUT2D eigenvalue weighted by Crippen LogP contribution is -2.21. The van der Waals surface area contributed by atoms with Gasteiger partial charge in [-0.15, -0.1) is 0 Å². The van der Waals surface area contributed by atoms with Crippen LogP contribution in [0.1, 0.15) is 5.56 Å². The number of hydrogen-bond acceptors (Lipinski definition) is 2. The fraction of sp³-hybridized carbons (Fsp3) is 0. The average Bonchev–Trinajstić information content (AvgIpc) is 2.91. The van der Waals surface area contributed by atoms with Crippen molar-refractivity contribution in [2.75, 3.05) is 0 Å². The van der Waals surface area contributed by atoms with Crippen molar-refractivity contribution in [3.63, 3.8) is 0 Å². The van der Waals surface area contributed by atoms with Crippen molar-refractivity contribution < 1.29 is 0 Å². The number of benzene rings is 2. The van der Waals surface area contributed by atoms with E-state index in [1.165, 1.54) is 0 Å². The zero-order chi connectivity index (χ0) is 15.4. The first kappa shape index (κ1) is 13.2. The summed E-state index contributed by atoms with van der Waals surface area (Å²) in [7, 11) is 0. The van der Waals surface area contributed by atoms with Crippen LogP contribution in [0.15, 0.2) is 53.8 Å². The third kappa shape index (κ3) is 1.61. The van der Waals surface area contributed by atoms with Gasteiger partial charge >= 0.3 is 0 Å². The van der Waals surface area contributed by atoms with Crippen LogP contribution < -0.4 is 10.8 Å². The normalized spacial score (nSPS) is 11.5. The second-order valence-corrected chi connectivity index (χ2v) is 6.13. The van der Waals surface area contributed by atoms with Gasteiger partial charge in [0.1, 0.15) is 5.65 Å². The van der Waals surface area contributed by atoms with Gasteiger partial charge in [-0.2, -0.15) is 0 Å². The summed E-state index contributed by atoms with van der Waals surface area (Å²) in [6, 6.07) is 13.2. The Balaban J connectivity index is 2.41. The molecule has 0 bridgehead atoms. The molecule has 0 aliphatic rings. The van der Waals surface area contributed by atoms with Crippen LogP contribution in [0.2, 0.25) is 0 Å². The number of fused-ring (bicyclic) bond motifs is 4. The van der Waals surface area contributed by atoms with Crippen LogP contribution in [0.4, 0.5) is 0 Å². The standard InChI is InChI=1S/C18H11BrN2O/c1-10-16-12(11(2)19)6-5-7-13(16)18(22)21-15-9-4-3-8-14(15)20-17(10)21/h3-9H,1-2H2. The van der Waals surface area contributed by atoms with Crippen molar-refractivity contribution in [1.82, 2.24) is 9.38 Å². The summed E-state index contributed by atoms with van der Waals surface area (Å²) in [6.45, 7) is 8.10. The van der Waals surface area contributed by atoms with Gasteiger partial charge in [-0.1, -0.05) is 53.4 Å². The molecule has 0 unspecified atom stereocenters. The lowest BCUT2D eigenvalue weighted by molar-refractivity contribution is 1.17. The maximum Gasteiger partial charge on any atom is 0.264 e.